The summed E-state index contributed by atoms with van der Waals surface area (Å²) < 4.78 is 12.7. The molecule has 0 saturated heterocycles. The Kier molecular flexibility index (Phi) is 8.56. The van der Waals surface area contributed by atoms with Gasteiger partial charge in [0, 0.05) is 14.0 Å². The highest BCUT2D eigenvalue weighted by Crippen LogP contribution is 2.33. The van der Waals surface area contributed by atoms with Crippen LogP contribution in [-0.2, 0) is 11.4 Å². The second-order valence-electron chi connectivity index (χ2n) is 7.06. The summed E-state index contributed by atoms with van der Waals surface area (Å²) in [6.45, 7) is 2.26. The van der Waals surface area contributed by atoms with E-state index in [4.69, 9.17) is 21.1 Å². The number of rotatable bonds is 7. The van der Waals surface area contributed by atoms with Crippen LogP contribution < -0.4 is 14.8 Å². The lowest BCUT2D eigenvalue weighted by atomic mass is 10.1. The highest BCUT2D eigenvalue weighted by molar-refractivity contribution is 9.11. The number of hydrogen-bond acceptors (Lipinski definition) is 4. The summed E-state index contributed by atoms with van der Waals surface area (Å²) in [5.74, 6) is 0.487. The second kappa shape index (κ2) is 11.4. The first-order valence-corrected chi connectivity index (χ1v) is 11.7. The largest absolute Gasteiger partial charge is 0.493 e. The van der Waals surface area contributed by atoms with Gasteiger partial charge in [-0.3, -0.25) is 4.79 Å². The van der Waals surface area contributed by atoms with Crippen molar-refractivity contribution in [2.45, 2.75) is 13.5 Å². The molecule has 3 aromatic rings. The van der Waals surface area contributed by atoms with Crippen molar-refractivity contribution in [3.05, 3.63) is 90.8 Å². The van der Waals surface area contributed by atoms with Crippen LogP contribution in [0, 0.1) is 18.3 Å². The molecule has 0 spiro atoms. The van der Waals surface area contributed by atoms with E-state index in [0.29, 0.717) is 43.3 Å². The number of methoxy groups -OCH3 is 1. The normalized spacial score (nSPS) is 11.0. The van der Waals surface area contributed by atoms with Crippen molar-refractivity contribution >= 4 is 61.1 Å². The smallest absolute Gasteiger partial charge is 0.266 e. The lowest BCUT2D eigenvalue weighted by molar-refractivity contribution is -0.112. The Morgan fingerprint density at radius 1 is 1.12 bits per heavy atom. The summed E-state index contributed by atoms with van der Waals surface area (Å²) >= 11 is 12.9. The first-order chi connectivity index (χ1) is 15.8. The Balaban J connectivity index is 1.79. The molecule has 5 nitrogen and oxygen atoms in total. The van der Waals surface area contributed by atoms with Crippen molar-refractivity contribution in [1.29, 1.82) is 5.26 Å². The van der Waals surface area contributed by atoms with Gasteiger partial charge < -0.3 is 14.8 Å². The number of nitriles is 1. The van der Waals surface area contributed by atoms with Crippen LogP contribution in [0.2, 0.25) is 5.02 Å². The number of ether oxygens (including phenoxy) is 2. The zero-order valence-electron chi connectivity index (χ0n) is 17.8. The van der Waals surface area contributed by atoms with Gasteiger partial charge in [0.05, 0.1) is 12.8 Å². The summed E-state index contributed by atoms with van der Waals surface area (Å²) in [7, 11) is 1.53. The lowest BCUT2D eigenvalue weighted by Crippen LogP contribution is -2.14. The number of carbonyl (C=O) groups excluding carboxylic acids is 1. The number of nitrogens with zero attached hydrogens (tertiary/aromatic N) is 1. The lowest BCUT2D eigenvalue weighted by Gasteiger charge is -2.12. The highest BCUT2D eigenvalue weighted by Gasteiger charge is 2.15. The fraction of sp³-hybridized carbons (Fsp3) is 0.120. The molecule has 0 aromatic heterocycles. The summed E-state index contributed by atoms with van der Waals surface area (Å²) in [4.78, 5) is 12.7. The van der Waals surface area contributed by atoms with Crippen LogP contribution in [-0.4, -0.2) is 13.0 Å². The van der Waals surface area contributed by atoms with Gasteiger partial charge in [0.2, 0.25) is 0 Å². The van der Waals surface area contributed by atoms with Crippen molar-refractivity contribution in [3.63, 3.8) is 0 Å². The first-order valence-electron chi connectivity index (χ1n) is 9.74. The monoisotopic (exact) mass is 588 g/mol. The number of nitrogens with one attached hydrogen (secondary N) is 1. The molecule has 3 rings (SSSR count). The fourth-order valence-corrected chi connectivity index (χ4v) is 4.82. The molecule has 1 N–H and O–H groups in total. The molecule has 0 radical (unpaired) electrons. The molecule has 0 atom stereocenters. The third-order valence-electron chi connectivity index (χ3n) is 4.57. The molecule has 33 heavy (non-hydrogen) atoms. The number of benzene rings is 3. The molecule has 0 saturated carbocycles. The van der Waals surface area contributed by atoms with Gasteiger partial charge in [0.1, 0.15) is 18.2 Å². The van der Waals surface area contributed by atoms with E-state index in [1.165, 1.54) is 13.2 Å². The van der Waals surface area contributed by atoms with E-state index < -0.39 is 5.91 Å². The van der Waals surface area contributed by atoms with E-state index in [1.807, 2.05) is 43.3 Å². The minimum atomic E-state index is -0.525. The first kappa shape index (κ1) is 24.8. The average molecular weight is 591 g/mol. The standard InChI is InChI=1S/C25H19Br2ClN2O3/c1-15-8-20(26)24(21(27)9-15)30-25(31)18(13-29)10-16-6-7-22(23(12-16)32-2)33-14-17-4-3-5-19(28)11-17/h3-12H,14H2,1-2H3,(H,30,31)/b18-10+. The van der Waals surface area contributed by atoms with Crippen molar-refractivity contribution in [3.8, 4) is 17.6 Å². The van der Waals surface area contributed by atoms with E-state index in [0.717, 1.165) is 11.1 Å². The highest BCUT2D eigenvalue weighted by atomic mass is 79.9. The van der Waals surface area contributed by atoms with Gasteiger partial charge in [-0.2, -0.15) is 5.26 Å². The van der Waals surface area contributed by atoms with Gasteiger partial charge in [-0.05, 0) is 97.9 Å². The molecule has 0 aliphatic rings. The molecule has 0 heterocycles. The molecule has 8 heteroatoms. The third-order valence-corrected chi connectivity index (χ3v) is 6.06. The molecule has 0 aliphatic heterocycles. The molecule has 0 bridgehead atoms. The maximum atomic E-state index is 12.7. The van der Waals surface area contributed by atoms with Crippen molar-refractivity contribution < 1.29 is 14.3 Å². The van der Waals surface area contributed by atoms with E-state index in [9.17, 15) is 10.1 Å². The van der Waals surface area contributed by atoms with Crippen LogP contribution in [0.4, 0.5) is 5.69 Å². The molecule has 168 valence electrons. The molecule has 0 aliphatic carbocycles. The van der Waals surface area contributed by atoms with Gasteiger partial charge in [-0.25, -0.2) is 0 Å². The SMILES string of the molecule is COc1cc(/C=C(\C#N)C(=O)Nc2c(Br)cc(C)cc2Br)ccc1OCc1cccc(Cl)c1. The van der Waals surface area contributed by atoms with Gasteiger partial charge in [0.15, 0.2) is 11.5 Å². The van der Waals surface area contributed by atoms with E-state index >= 15 is 0 Å². The summed E-state index contributed by atoms with van der Waals surface area (Å²) in [6, 6.07) is 18.3. The van der Waals surface area contributed by atoms with E-state index in [2.05, 4.69) is 37.2 Å². The zero-order valence-corrected chi connectivity index (χ0v) is 21.7. The minimum Gasteiger partial charge on any atom is -0.493 e. The number of hydrogen-bond donors (Lipinski definition) is 1. The van der Waals surface area contributed by atoms with Crippen molar-refractivity contribution in [2.75, 3.05) is 12.4 Å². The predicted molar refractivity (Wildman–Crippen MR) is 138 cm³/mol. The Hall–Kier alpha value is -2.79. The van der Waals surface area contributed by atoms with Gasteiger partial charge in [0.25, 0.3) is 5.91 Å². The Labute approximate surface area is 214 Å². The number of anilines is 1. The molecule has 0 fully saturated rings. The van der Waals surface area contributed by atoms with Crippen molar-refractivity contribution in [2.24, 2.45) is 0 Å². The maximum absolute atomic E-state index is 12.7. The van der Waals surface area contributed by atoms with E-state index in [1.54, 1.807) is 24.3 Å². The Morgan fingerprint density at radius 3 is 2.48 bits per heavy atom. The van der Waals surface area contributed by atoms with Crippen molar-refractivity contribution in [1.82, 2.24) is 0 Å². The number of aryl methyl sites for hydroxylation is 1. The average Bonchev–Trinajstić information content (AvgIpc) is 2.78. The molecule has 0 unspecified atom stereocenters. The van der Waals surface area contributed by atoms with Gasteiger partial charge >= 0.3 is 0 Å². The van der Waals surface area contributed by atoms with Gasteiger partial charge in [-0.15, -0.1) is 0 Å². The fourth-order valence-electron chi connectivity index (χ4n) is 3.00. The topological polar surface area (TPSA) is 71.3 Å². The Bertz CT molecular complexity index is 1250. The van der Waals surface area contributed by atoms with E-state index in [-0.39, 0.29) is 5.57 Å². The number of carbonyl (C=O) groups is 1. The summed E-state index contributed by atoms with van der Waals surface area (Å²) in [5.41, 5.74) is 3.06. The quantitative estimate of drug-likeness (QED) is 0.231. The minimum absolute atomic E-state index is 0.0518. The van der Waals surface area contributed by atoms with Crippen LogP contribution >= 0.6 is 43.5 Å². The second-order valence-corrected chi connectivity index (χ2v) is 9.20. The summed E-state index contributed by atoms with van der Waals surface area (Å²) in [5, 5.41) is 13.0. The summed E-state index contributed by atoms with van der Waals surface area (Å²) in [6.07, 6.45) is 1.49. The molecule has 3 aromatic carbocycles. The third kappa shape index (κ3) is 6.61. The van der Waals surface area contributed by atoms with Crippen LogP contribution in [0.1, 0.15) is 16.7 Å². The van der Waals surface area contributed by atoms with Crippen LogP contribution in [0.15, 0.2) is 69.1 Å². The Morgan fingerprint density at radius 2 is 1.85 bits per heavy atom. The van der Waals surface area contributed by atoms with Crippen LogP contribution in [0.3, 0.4) is 0 Å². The predicted octanol–water partition coefficient (Wildman–Crippen LogP) is 7.31. The molecular formula is C25H19Br2ClN2O3. The van der Waals surface area contributed by atoms with Crippen LogP contribution in [0.5, 0.6) is 11.5 Å². The van der Waals surface area contributed by atoms with Gasteiger partial charge in [-0.1, -0.05) is 29.8 Å². The zero-order chi connectivity index (χ0) is 24.0. The molecule has 1 amide bonds. The molecular weight excluding hydrogens is 572 g/mol. The number of halogens is 3. The van der Waals surface area contributed by atoms with Crippen LogP contribution in [0.25, 0.3) is 6.08 Å². The maximum Gasteiger partial charge on any atom is 0.266 e. The number of amides is 1.